The minimum absolute atomic E-state index is 0.0899. The van der Waals surface area contributed by atoms with Crippen molar-refractivity contribution in [1.29, 1.82) is 0 Å². The van der Waals surface area contributed by atoms with Crippen molar-refractivity contribution >= 4 is 5.91 Å². The quantitative estimate of drug-likeness (QED) is 0.780. The summed E-state index contributed by atoms with van der Waals surface area (Å²) in [5.74, 6) is 0.138. The Hall–Kier alpha value is -1.64. The fourth-order valence-corrected chi connectivity index (χ4v) is 3.17. The highest BCUT2D eigenvalue weighted by molar-refractivity contribution is 5.82. The maximum absolute atomic E-state index is 12.6. The second-order valence-electron chi connectivity index (χ2n) is 6.98. The van der Waals surface area contributed by atoms with Crippen LogP contribution in [0.1, 0.15) is 30.9 Å². The van der Waals surface area contributed by atoms with Crippen LogP contribution in [0, 0.1) is 5.92 Å². The van der Waals surface area contributed by atoms with Crippen LogP contribution in [0.2, 0.25) is 0 Å². The average Bonchev–Trinajstić information content (AvgIpc) is 2.65. The predicted molar refractivity (Wildman–Crippen MR) is 94.9 cm³/mol. The van der Waals surface area contributed by atoms with Crippen molar-refractivity contribution in [1.82, 2.24) is 4.90 Å². The molecule has 1 aromatic carbocycles. The van der Waals surface area contributed by atoms with Crippen LogP contribution in [0.5, 0.6) is 0 Å². The molecule has 0 unspecified atom stereocenters. The lowest BCUT2D eigenvalue weighted by atomic mass is 9.98. The van der Waals surface area contributed by atoms with Gasteiger partial charge in [-0.3, -0.25) is 4.79 Å². The molecule has 0 aliphatic carbocycles. The van der Waals surface area contributed by atoms with E-state index in [1.54, 1.807) is 18.9 Å². The Bertz CT molecular complexity index is 605. The van der Waals surface area contributed by atoms with Gasteiger partial charge in [0.15, 0.2) is 0 Å². The SMILES string of the molecule is COC[C@H]1CCCN(C(=O)[C@@H](N)[C@@H](C)OCc2ccc(C(F)(F)F)cc2)C1. The average molecular weight is 388 g/mol. The van der Waals surface area contributed by atoms with Crippen molar-refractivity contribution in [2.24, 2.45) is 11.7 Å². The summed E-state index contributed by atoms with van der Waals surface area (Å²) in [5.41, 5.74) is 5.94. The van der Waals surface area contributed by atoms with E-state index in [-0.39, 0.29) is 12.5 Å². The molecular formula is C19H27F3N2O3. The second-order valence-corrected chi connectivity index (χ2v) is 6.98. The molecule has 1 amide bonds. The highest BCUT2D eigenvalue weighted by Crippen LogP contribution is 2.29. The maximum atomic E-state index is 12.6. The molecule has 8 heteroatoms. The summed E-state index contributed by atoms with van der Waals surface area (Å²) in [4.78, 5) is 14.4. The van der Waals surface area contributed by atoms with Gasteiger partial charge in [0.25, 0.3) is 0 Å². The van der Waals surface area contributed by atoms with Crippen LogP contribution in [-0.2, 0) is 27.1 Å². The first-order valence-electron chi connectivity index (χ1n) is 9.03. The highest BCUT2D eigenvalue weighted by Gasteiger charge is 2.31. The molecular weight excluding hydrogens is 361 g/mol. The summed E-state index contributed by atoms with van der Waals surface area (Å²) >= 11 is 0. The van der Waals surface area contributed by atoms with Crippen LogP contribution in [-0.4, -0.2) is 49.8 Å². The van der Waals surface area contributed by atoms with Gasteiger partial charge in [0.1, 0.15) is 6.04 Å². The Balaban J connectivity index is 1.85. The number of carbonyl (C=O) groups excluding carboxylic acids is 1. The largest absolute Gasteiger partial charge is 0.416 e. The van der Waals surface area contributed by atoms with Crippen molar-refractivity contribution in [2.75, 3.05) is 26.8 Å². The monoisotopic (exact) mass is 388 g/mol. The summed E-state index contributed by atoms with van der Waals surface area (Å²) in [6, 6.07) is 3.93. The lowest BCUT2D eigenvalue weighted by molar-refractivity contribution is -0.139. The third-order valence-electron chi connectivity index (χ3n) is 4.82. The molecule has 152 valence electrons. The van der Waals surface area contributed by atoms with Gasteiger partial charge in [-0.25, -0.2) is 0 Å². The minimum atomic E-state index is -4.36. The molecule has 0 spiro atoms. The molecule has 0 aromatic heterocycles. The zero-order chi connectivity index (χ0) is 20.0. The molecule has 2 rings (SSSR count). The number of piperidine rings is 1. The van der Waals surface area contributed by atoms with Crippen LogP contribution < -0.4 is 5.73 Å². The summed E-state index contributed by atoms with van der Waals surface area (Å²) in [5, 5.41) is 0. The van der Waals surface area contributed by atoms with E-state index < -0.39 is 23.9 Å². The van der Waals surface area contributed by atoms with E-state index in [4.69, 9.17) is 15.2 Å². The first-order valence-corrected chi connectivity index (χ1v) is 9.03. The number of carbonyl (C=O) groups is 1. The van der Waals surface area contributed by atoms with Gasteiger partial charge in [-0.1, -0.05) is 12.1 Å². The number of nitrogens with zero attached hydrogens (tertiary/aromatic N) is 1. The molecule has 1 aliphatic rings. The summed E-state index contributed by atoms with van der Waals surface area (Å²) in [6.07, 6.45) is -2.99. The number of hydrogen-bond acceptors (Lipinski definition) is 4. The van der Waals surface area contributed by atoms with Gasteiger partial charge in [0.2, 0.25) is 5.91 Å². The van der Waals surface area contributed by atoms with Gasteiger partial charge in [0, 0.05) is 20.2 Å². The fraction of sp³-hybridized carbons (Fsp3) is 0.632. The van der Waals surface area contributed by atoms with Crippen LogP contribution >= 0.6 is 0 Å². The molecule has 0 bridgehead atoms. The van der Waals surface area contributed by atoms with Gasteiger partial charge >= 0.3 is 6.18 Å². The lowest BCUT2D eigenvalue weighted by Crippen LogP contribution is -2.52. The Morgan fingerprint density at radius 2 is 2.00 bits per heavy atom. The van der Waals surface area contributed by atoms with Crippen LogP contribution in [0.15, 0.2) is 24.3 Å². The molecule has 3 atom stereocenters. The van der Waals surface area contributed by atoms with E-state index >= 15 is 0 Å². The first-order chi connectivity index (χ1) is 12.7. The molecule has 5 nitrogen and oxygen atoms in total. The number of halogens is 3. The first kappa shape index (κ1) is 21.7. The van der Waals surface area contributed by atoms with Crippen molar-refractivity contribution in [3.05, 3.63) is 35.4 Å². The van der Waals surface area contributed by atoms with Gasteiger partial charge in [0.05, 0.1) is 24.9 Å². The Morgan fingerprint density at radius 3 is 2.59 bits per heavy atom. The van der Waals surface area contributed by atoms with Crippen molar-refractivity contribution in [3.8, 4) is 0 Å². The molecule has 1 saturated heterocycles. The summed E-state index contributed by atoms with van der Waals surface area (Å²) in [6.45, 7) is 3.68. The molecule has 1 fully saturated rings. The van der Waals surface area contributed by atoms with Crippen molar-refractivity contribution < 1.29 is 27.4 Å². The zero-order valence-electron chi connectivity index (χ0n) is 15.7. The maximum Gasteiger partial charge on any atom is 0.416 e. The summed E-state index contributed by atoms with van der Waals surface area (Å²) < 4.78 is 48.5. The van der Waals surface area contributed by atoms with E-state index in [1.807, 2.05) is 0 Å². The minimum Gasteiger partial charge on any atom is -0.384 e. The molecule has 0 radical (unpaired) electrons. The third kappa shape index (κ3) is 6.19. The third-order valence-corrected chi connectivity index (χ3v) is 4.82. The van der Waals surface area contributed by atoms with Gasteiger partial charge in [-0.05, 0) is 43.4 Å². The highest BCUT2D eigenvalue weighted by atomic mass is 19.4. The van der Waals surface area contributed by atoms with E-state index in [9.17, 15) is 18.0 Å². The Kier molecular flexibility index (Phi) is 7.64. The molecule has 2 N–H and O–H groups in total. The summed E-state index contributed by atoms with van der Waals surface area (Å²) in [7, 11) is 1.64. The number of rotatable bonds is 7. The van der Waals surface area contributed by atoms with E-state index in [0.717, 1.165) is 25.0 Å². The van der Waals surface area contributed by atoms with Gasteiger partial charge in [-0.15, -0.1) is 0 Å². The van der Waals surface area contributed by atoms with Crippen molar-refractivity contribution in [2.45, 2.75) is 44.7 Å². The molecule has 1 aromatic rings. The Morgan fingerprint density at radius 1 is 1.33 bits per heavy atom. The number of amides is 1. The number of likely N-dealkylation sites (tertiary alicyclic amines) is 1. The van der Waals surface area contributed by atoms with E-state index in [1.165, 1.54) is 12.1 Å². The molecule has 1 heterocycles. The van der Waals surface area contributed by atoms with Crippen LogP contribution in [0.3, 0.4) is 0 Å². The smallest absolute Gasteiger partial charge is 0.384 e. The number of alkyl halides is 3. The Labute approximate surface area is 157 Å². The zero-order valence-corrected chi connectivity index (χ0v) is 15.7. The number of benzene rings is 1. The molecule has 0 saturated carbocycles. The molecule has 1 aliphatic heterocycles. The van der Waals surface area contributed by atoms with Crippen LogP contribution in [0.4, 0.5) is 13.2 Å². The van der Waals surface area contributed by atoms with Crippen LogP contribution in [0.25, 0.3) is 0 Å². The number of hydrogen-bond donors (Lipinski definition) is 1. The fourth-order valence-electron chi connectivity index (χ4n) is 3.17. The lowest BCUT2D eigenvalue weighted by Gasteiger charge is -2.35. The number of ether oxygens (including phenoxy) is 2. The molecule has 27 heavy (non-hydrogen) atoms. The predicted octanol–water partition coefficient (Wildman–Crippen LogP) is 2.82. The normalized spacial score (nSPS) is 20.4. The second kappa shape index (κ2) is 9.52. The van der Waals surface area contributed by atoms with Gasteiger partial charge in [-0.2, -0.15) is 13.2 Å². The van der Waals surface area contributed by atoms with Gasteiger partial charge < -0.3 is 20.1 Å². The number of nitrogens with two attached hydrogens (primary N) is 1. The van der Waals surface area contributed by atoms with Crippen molar-refractivity contribution in [3.63, 3.8) is 0 Å². The standard InChI is InChI=1S/C19H27F3N2O3/c1-13(27-12-14-5-7-16(8-6-14)19(20,21)22)17(23)18(25)24-9-3-4-15(10-24)11-26-2/h5-8,13,15,17H,3-4,9-12,23H2,1-2H3/t13-,15+,17+/m1/s1. The van der Waals surface area contributed by atoms with E-state index in [2.05, 4.69) is 0 Å². The number of methoxy groups -OCH3 is 1. The van der Waals surface area contributed by atoms with E-state index in [0.29, 0.717) is 31.2 Å². The topological polar surface area (TPSA) is 64.8 Å².